The number of carboxylic acids is 3. The lowest BCUT2D eigenvalue weighted by molar-refractivity contribution is -0.170. The third-order valence-electron chi connectivity index (χ3n) is 18.1. The molecule has 8 N–H and O–H groups in total. The van der Waals surface area contributed by atoms with Gasteiger partial charge in [0.05, 0.1) is 62.7 Å². The van der Waals surface area contributed by atoms with Crippen molar-refractivity contribution in [3.05, 3.63) is 106 Å². The van der Waals surface area contributed by atoms with E-state index in [2.05, 4.69) is 104 Å². The van der Waals surface area contributed by atoms with Crippen LogP contribution >= 0.6 is 24.0 Å². The van der Waals surface area contributed by atoms with Crippen molar-refractivity contribution >= 4 is 65.3 Å². The second kappa shape index (κ2) is 36.0. The zero-order chi connectivity index (χ0) is 65.0. The van der Waals surface area contributed by atoms with Gasteiger partial charge >= 0.3 is 17.9 Å². The Morgan fingerprint density at radius 3 is 1.28 bits per heavy atom. The lowest BCUT2D eigenvalue weighted by Crippen LogP contribution is -2.54. The maximum Gasteiger partial charge on any atom is 0.336 e. The summed E-state index contributed by atoms with van der Waals surface area (Å²) in [6, 6.07) is 18.6. The van der Waals surface area contributed by atoms with Crippen LogP contribution in [0, 0.1) is 27.7 Å². The fourth-order valence-corrected chi connectivity index (χ4v) is 12.6. The molecule has 10 rings (SSSR count). The van der Waals surface area contributed by atoms with Crippen LogP contribution in [0.3, 0.4) is 0 Å². The molecule has 6 aliphatic rings. The third-order valence-corrected chi connectivity index (χ3v) is 18.1. The predicted molar refractivity (Wildman–Crippen MR) is 352 cm³/mol. The van der Waals surface area contributed by atoms with E-state index in [9.17, 15) is 24.0 Å². The van der Waals surface area contributed by atoms with Gasteiger partial charge in [-0.05, 0) is 116 Å². The Kier molecular flexibility index (Phi) is 28.7. The van der Waals surface area contributed by atoms with E-state index >= 15 is 0 Å². The number of carbonyl (C=O) groups is 5. The molecular weight excluding hydrogens is 1300 g/mol. The molecule has 0 aliphatic carbocycles. The number of ether oxygens (including phenoxy) is 6. The lowest BCUT2D eigenvalue weighted by Gasteiger charge is -2.38. The molecule has 2 aromatic heterocycles. The highest BCUT2D eigenvalue weighted by atomic mass is 127. The largest absolute Gasteiger partial charge is 0.481 e. The number of nitrogens with zero attached hydrogens (tertiary/aromatic N) is 6. The number of carboxylic acid groups (broad SMARTS) is 3. The van der Waals surface area contributed by atoms with E-state index < -0.39 is 36.4 Å². The Hall–Kier alpha value is -6.08. The molecular formula is C66H95IN10O15. The van der Waals surface area contributed by atoms with Crippen LogP contribution in [0.25, 0.3) is 0 Å². The Morgan fingerprint density at radius 1 is 0.554 bits per heavy atom. The molecule has 6 saturated heterocycles. The van der Waals surface area contributed by atoms with Gasteiger partial charge in [0.25, 0.3) is 11.8 Å². The molecule has 2 aromatic carbocycles. The van der Waals surface area contributed by atoms with Gasteiger partial charge in [-0.2, -0.15) is 0 Å². The average molecular weight is 1400 g/mol. The highest BCUT2D eigenvalue weighted by Gasteiger charge is 2.41. The number of piperidine rings is 2. The second-order valence-corrected chi connectivity index (χ2v) is 24.8. The van der Waals surface area contributed by atoms with E-state index in [1.165, 1.54) is 34.9 Å². The minimum atomic E-state index is -2.74. The van der Waals surface area contributed by atoms with E-state index in [1.54, 1.807) is 14.2 Å². The van der Waals surface area contributed by atoms with E-state index in [0.29, 0.717) is 99.7 Å². The number of amides is 2. The van der Waals surface area contributed by atoms with Gasteiger partial charge in [-0.3, -0.25) is 19.2 Å². The van der Waals surface area contributed by atoms with Crippen molar-refractivity contribution in [1.29, 1.82) is 0 Å². The number of hydrogen-bond donors (Lipinski definition) is 8. The Bertz CT molecular complexity index is 2820. The fraction of sp³-hybridized carbons (Fsp3) is 0.621. The number of rotatable bonds is 21. The van der Waals surface area contributed by atoms with Gasteiger partial charge in [0, 0.05) is 102 Å². The zero-order valence-electron chi connectivity index (χ0n) is 53.9. The number of halogens is 1. The summed E-state index contributed by atoms with van der Waals surface area (Å²) in [6.07, 6.45) is 13.2. The molecule has 8 atom stereocenters. The topological polar surface area (TPSA) is 328 Å². The summed E-state index contributed by atoms with van der Waals surface area (Å²) in [4.78, 5) is 78.8. The number of carbonyl (C=O) groups excluding carboxylic acids is 2. The average Bonchev–Trinajstić information content (AvgIpc) is 0.868. The molecule has 25 nitrogen and oxygen atoms in total. The van der Waals surface area contributed by atoms with E-state index in [0.717, 1.165) is 101 Å². The molecule has 0 radical (unpaired) electrons. The molecule has 0 bridgehead atoms. The van der Waals surface area contributed by atoms with Gasteiger partial charge in [-0.1, -0.05) is 59.7 Å². The normalized spacial score (nSPS) is 23.9. The zero-order valence-corrected chi connectivity index (χ0v) is 56.2. The molecule has 8 heterocycles. The molecule has 2 amide bonds. The van der Waals surface area contributed by atoms with Crippen LogP contribution in [0.4, 0.5) is 11.6 Å². The van der Waals surface area contributed by atoms with Gasteiger partial charge in [-0.25, -0.2) is 24.7 Å². The number of nitrogens with one attached hydrogen (secondary N) is 4. The first-order chi connectivity index (χ1) is 43.8. The monoisotopic (exact) mass is 1390 g/mol. The third kappa shape index (κ3) is 21.0. The molecule has 92 heavy (non-hydrogen) atoms. The Labute approximate surface area is 556 Å². The van der Waals surface area contributed by atoms with E-state index in [4.69, 9.17) is 48.8 Å². The number of methoxy groups -OCH3 is 2. The molecule has 506 valence electrons. The van der Waals surface area contributed by atoms with Gasteiger partial charge in [0.1, 0.15) is 35.7 Å². The number of likely N-dealkylation sites (tertiary alicyclic amines) is 2. The Balaban J connectivity index is 0.000000217. The smallest absolute Gasteiger partial charge is 0.336 e. The highest BCUT2D eigenvalue weighted by Crippen LogP contribution is 2.34. The Morgan fingerprint density at radius 2 is 0.935 bits per heavy atom. The van der Waals surface area contributed by atoms with Crippen molar-refractivity contribution < 1.29 is 72.8 Å². The van der Waals surface area contributed by atoms with Crippen LogP contribution in [-0.2, 0) is 42.8 Å². The van der Waals surface area contributed by atoms with Gasteiger partial charge in [0.15, 0.2) is 5.60 Å². The summed E-state index contributed by atoms with van der Waals surface area (Å²) in [7, 11) is 3.49. The minimum absolute atomic E-state index is 0. The quantitative estimate of drug-likeness (QED) is 0.0389. The maximum atomic E-state index is 13.4. The first-order valence-corrected chi connectivity index (χ1v) is 32.1. The van der Waals surface area contributed by atoms with Crippen LogP contribution in [0.1, 0.15) is 156 Å². The number of hydrogen-bond acceptors (Lipinski definition) is 20. The van der Waals surface area contributed by atoms with Crippen LogP contribution in [0.2, 0.25) is 0 Å². The molecule has 0 saturated carbocycles. The summed E-state index contributed by atoms with van der Waals surface area (Å²) in [5, 5.41) is 48.2. The number of aliphatic carboxylic acids is 3. The second-order valence-electron chi connectivity index (χ2n) is 24.8. The van der Waals surface area contributed by atoms with Crippen LogP contribution in [-0.4, -0.2) is 214 Å². The molecule has 6 aliphatic heterocycles. The maximum absolute atomic E-state index is 13.4. The first-order valence-electron chi connectivity index (χ1n) is 32.1. The summed E-state index contributed by atoms with van der Waals surface area (Å²) >= 11 is 0. The number of aryl methyl sites for hydroxylation is 2. The minimum Gasteiger partial charge on any atom is -0.481 e. The number of benzene rings is 2. The van der Waals surface area contributed by atoms with Gasteiger partial charge in [-0.15, -0.1) is 24.0 Å². The van der Waals surface area contributed by atoms with Crippen LogP contribution in [0.5, 0.6) is 0 Å². The first kappa shape index (κ1) is 73.3. The molecule has 0 unspecified atom stereocenters. The highest BCUT2D eigenvalue weighted by molar-refractivity contribution is 14.0. The van der Waals surface area contributed by atoms with E-state index in [-0.39, 0.29) is 72.4 Å². The van der Waals surface area contributed by atoms with Crippen molar-refractivity contribution in [3.8, 4) is 0 Å². The van der Waals surface area contributed by atoms with Gasteiger partial charge in [0.2, 0.25) is 0 Å². The lowest BCUT2D eigenvalue weighted by atomic mass is 9.96. The molecule has 0 spiro atoms. The number of aliphatic hydroxyl groups is 1. The van der Waals surface area contributed by atoms with Gasteiger partial charge < -0.3 is 79.9 Å². The van der Waals surface area contributed by atoms with Crippen molar-refractivity contribution in [1.82, 2.24) is 40.4 Å². The summed E-state index contributed by atoms with van der Waals surface area (Å²) in [5.41, 5.74) is 4.79. The molecule has 6 fully saturated rings. The molecule has 26 heteroatoms. The summed E-state index contributed by atoms with van der Waals surface area (Å²) < 4.78 is 35.1. The van der Waals surface area contributed by atoms with E-state index in [1.807, 2.05) is 23.6 Å². The van der Waals surface area contributed by atoms with Crippen molar-refractivity contribution in [2.24, 2.45) is 0 Å². The standard InChI is InChI=1S/2C30H43N5O4.C6H8O7.HI/c2*1-20-7-9-22(10-8-20)26-6-4-5-24(39-26)17-31-29-21(2)28(32-19-33-29)30(36)35-14-11-23(12-15-35)34-25-13-16-38-18-27(25)37-3;7-3(8)1-6(13,5(11)12)2-4(9)10;/h2*7-10,19,23-27,34H,4-6,11-18H2,1-3H3,(H,31,32,33);13H,1-2H2,(H,7,8)(H,9,10)(H,11,12);1H/t2*24-,25-,26+,27+;;/m11../s1. The fourth-order valence-electron chi connectivity index (χ4n) is 12.6. The summed E-state index contributed by atoms with van der Waals surface area (Å²) in [5.74, 6) is -3.65. The molecule has 4 aromatic rings. The van der Waals surface area contributed by atoms with Crippen molar-refractivity contribution in [2.75, 3.05) is 90.5 Å². The van der Waals surface area contributed by atoms with Crippen molar-refractivity contribution in [2.45, 2.75) is 184 Å². The SMILES string of the molecule is CO[C@H]1COCC[C@H]1NC1CCN(C(=O)c2ncnc(NC[C@H]3CCC[C@@H](c4ccc(C)cc4)O3)c2C)CC1.CO[C@H]1COCC[C@H]1NC1CCN(C(=O)c2ncnc(NC[C@H]3CCC[C@@H](c4ccc(C)cc4)O3)c2C)CC1.I.O=C(O)CC(O)(CC(=O)O)C(=O)O. The predicted octanol–water partition coefficient (Wildman–Crippen LogP) is 7.00. The van der Waals surface area contributed by atoms with Crippen LogP contribution < -0.4 is 21.3 Å². The van der Waals surface area contributed by atoms with Crippen LogP contribution in [0.15, 0.2) is 61.2 Å². The summed E-state index contributed by atoms with van der Waals surface area (Å²) in [6.45, 7) is 15.0. The number of anilines is 2. The van der Waals surface area contributed by atoms with Crippen molar-refractivity contribution in [3.63, 3.8) is 0 Å². The number of aromatic nitrogens is 4.